The molecule has 132 valence electrons. The number of imidazole rings is 1. The van der Waals surface area contributed by atoms with Crippen LogP contribution in [0.25, 0.3) is 11.0 Å². The van der Waals surface area contributed by atoms with Crippen LogP contribution in [0.2, 0.25) is 0 Å². The highest BCUT2D eigenvalue weighted by Gasteiger charge is 2.25. The zero-order chi connectivity index (χ0) is 17.4. The second-order valence-electron chi connectivity index (χ2n) is 6.48. The van der Waals surface area contributed by atoms with Crippen LogP contribution in [0.1, 0.15) is 17.8 Å². The minimum Gasteiger partial charge on any atom is -0.339 e. The first-order chi connectivity index (χ1) is 12.1. The van der Waals surface area contributed by atoms with Crippen molar-refractivity contribution in [1.29, 1.82) is 0 Å². The average Bonchev–Trinajstić information content (AvgIpc) is 3.19. The van der Waals surface area contributed by atoms with Gasteiger partial charge in [0.05, 0.1) is 17.1 Å². The molecule has 2 aromatic heterocycles. The third-order valence-corrected chi connectivity index (χ3v) is 4.89. The van der Waals surface area contributed by atoms with E-state index in [1.165, 1.54) is 0 Å². The summed E-state index contributed by atoms with van der Waals surface area (Å²) in [6, 6.07) is 7.91. The summed E-state index contributed by atoms with van der Waals surface area (Å²) in [6.45, 7) is 3.26. The van der Waals surface area contributed by atoms with E-state index in [4.69, 9.17) is 4.52 Å². The van der Waals surface area contributed by atoms with Gasteiger partial charge >= 0.3 is 5.69 Å². The summed E-state index contributed by atoms with van der Waals surface area (Å²) in [4.78, 5) is 19.2. The van der Waals surface area contributed by atoms with Crippen LogP contribution in [0, 0.1) is 0 Å². The van der Waals surface area contributed by atoms with E-state index in [1.54, 1.807) is 16.2 Å². The Kier molecular flexibility index (Phi) is 4.14. The van der Waals surface area contributed by atoms with E-state index in [9.17, 15) is 4.79 Å². The van der Waals surface area contributed by atoms with E-state index in [0.29, 0.717) is 24.7 Å². The Morgan fingerprint density at radius 3 is 2.88 bits per heavy atom. The van der Waals surface area contributed by atoms with Crippen molar-refractivity contribution in [3.05, 3.63) is 46.5 Å². The molecule has 1 atom stereocenters. The van der Waals surface area contributed by atoms with E-state index in [2.05, 4.69) is 27.4 Å². The maximum Gasteiger partial charge on any atom is 0.328 e. The molecule has 0 aliphatic carbocycles. The van der Waals surface area contributed by atoms with E-state index >= 15 is 0 Å². The van der Waals surface area contributed by atoms with Crippen molar-refractivity contribution in [3.8, 4) is 0 Å². The Bertz CT molecular complexity index is 940. The monoisotopic (exact) mass is 342 g/mol. The van der Waals surface area contributed by atoms with Crippen LogP contribution in [0.15, 0.2) is 33.6 Å². The van der Waals surface area contributed by atoms with Crippen LogP contribution in [-0.4, -0.2) is 50.9 Å². The van der Waals surface area contributed by atoms with Gasteiger partial charge in [0.15, 0.2) is 5.82 Å². The molecule has 0 bridgehead atoms. The number of piperazine rings is 1. The standard InChI is InChI=1S/C17H22N6O2/c1-21-10-8-18-11-14(21)16-19-15(25-20-16)7-9-23-13-6-4-3-5-12(13)22(2)17(23)24/h3-6,14,18H,7-11H2,1-2H3. The van der Waals surface area contributed by atoms with Crippen molar-refractivity contribution in [2.24, 2.45) is 7.05 Å². The Morgan fingerprint density at radius 1 is 1.28 bits per heavy atom. The van der Waals surface area contributed by atoms with Crippen LogP contribution in [0.4, 0.5) is 0 Å². The van der Waals surface area contributed by atoms with Crippen molar-refractivity contribution < 1.29 is 4.52 Å². The molecule has 0 spiro atoms. The van der Waals surface area contributed by atoms with E-state index in [1.807, 2.05) is 24.3 Å². The van der Waals surface area contributed by atoms with Crippen molar-refractivity contribution in [2.75, 3.05) is 26.7 Å². The number of nitrogens with zero attached hydrogens (tertiary/aromatic N) is 5. The highest BCUT2D eigenvalue weighted by molar-refractivity contribution is 5.75. The molecule has 4 rings (SSSR count). The van der Waals surface area contributed by atoms with E-state index in [-0.39, 0.29) is 11.7 Å². The first kappa shape index (κ1) is 16.0. The lowest BCUT2D eigenvalue weighted by Crippen LogP contribution is -2.44. The minimum atomic E-state index is -0.0304. The van der Waals surface area contributed by atoms with Gasteiger partial charge in [0.2, 0.25) is 5.89 Å². The molecule has 8 nitrogen and oxygen atoms in total. The molecule has 0 radical (unpaired) electrons. The van der Waals surface area contributed by atoms with Crippen molar-refractivity contribution in [3.63, 3.8) is 0 Å². The predicted octanol–water partition coefficient (Wildman–Crippen LogP) is 0.542. The predicted molar refractivity (Wildman–Crippen MR) is 93.4 cm³/mol. The molecule has 8 heteroatoms. The molecule has 25 heavy (non-hydrogen) atoms. The largest absolute Gasteiger partial charge is 0.339 e. The molecular weight excluding hydrogens is 320 g/mol. The second-order valence-corrected chi connectivity index (χ2v) is 6.48. The van der Waals surface area contributed by atoms with Crippen molar-refractivity contribution >= 4 is 11.0 Å². The number of fused-ring (bicyclic) bond motifs is 1. The molecular formula is C17H22N6O2. The number of hydrogen-bond acceptors (Lipinski definition) is 6. The van der Waals surface area contributed by atoms with Crippen LogP contribution in [-0.2, 0) is 20.0 Å². The molecule has 1 saturated heterocycles. The number of rotatable bonds is 4. The third-order valence-electron chi connectivity index (χ3n) is 4.89. The van der Waals surface area contributed by atoms with E-state index < -0.39 is 0 Å². The molecule has 1 unspecified atom stereocenters. The molecule has 3 aromatic rings. The van der Waals surface area contributed by atoms with Crippen molar-refractivity contribution in [2.45, 2.75) is 19.0 Å². The van der Waals surface area contributed by atoms with Gasteiger partial charge in [-0.3, -0.25) is 14.0 Å². The number of aryl methyl sites for hydroxylation is 3. The molecule has 0 amide bonds. The van der Waals surface area contributed by atoms with Gasteiger partial charge in [0.1, 0.15) is 0 Å². The number of aromatic nitrogens is 4. The van der Waals surface area contributed by atoms with Gasteiger partial charge in [0, 0.05) is 39.6 Å². The molecule has 0 saturated carbocycles. The lowest BCUT2D eigenvalue weighted by Gasteiger charge is -2.30. The summed E-state index contributed by atoms with van der Waals surface area (Å²) in [7, 11) is 3.86. The Labute approximate surface area is 145 Å². The SMILES string of the molecule is CN1CCNCC1c1noc(CCn2c(=O)n(C)c3ccccc32)n1. The molecule has 1 aliphatic heterocycles. The Balaban J connectivity index is 1.53. The van der Waals surface area contributed by atoms with Gasteiger partial charge in [-0.1, -0.05) is 17.3 Å². The normalized spacial score (nSPS) is 18.9. The van der Waals surface area contributed by atoms with Crippen LogP contribution in [0.3, 0.4) is 0 Å². The Morgan fingerprint density at radius 2 is 2.08 bits per heavy atom. The van der Waals surface area contributed by atoms with Crippen LogP contribution < -0.4 is 11.0 Å². The average molecular weight is 342 g/mol. The van der Waals surface area contributed by atoms with Crippen molar-refractivity contribution in [1.82, 2.24) is 29.5 Å². The summed E-state index contributed by atoms with van der Waals surface area (Å²) in [6.07, 6.45) is 0.533. The zero-order valence-corrected chi connectivity index (χ0v) is 14.5. The third kappa shape index (κ3) is 2.87. The highest BCUT2D eigenvalue weighted by atomic mass is 16.5. The first-order valence-electron chi connectivity index (χ1n) is 8.53. The van der Waals surface area contributed by atoms with Gasteiger partial charge in [0.25, 0.3) is 0 Å². The number of hydrogen-bond donors (Lipinski definition) is 1. The number of likely N-dealkylation sites (N-methyl/N-ethyl adjacent to an activating group) is 1. The van der Waals surface area contributed by atoms with Gasteiger partial charge < -0.3 is 9.84 Å². The fourth-order valence-electron chi connectivity index (χ4n) is 3.39. The lowest BCUT2D eigenvalue weighted by molar-refractivity contribution is 0.190. The molecule has 1 aliphatic rings. The lowest BCUT2D eigenvalue weighted by atomic mass is 10.2. The first-order valence-corrected chi connectivity index (χ1v) is 8.53. The molecule has 1 N–H and O–H groups in total. The maximum atomic E-state index is 12.4. The van der Waals surface area contributed by atoms with Gasteiger partial charge in [-0.2, -0.15) is 4.98 Å². The number of para-hydroxylation sites is 2. The fraction of sp³-hybridized carbons (Fsp3) is 0.471. The molecule has 1 aromatic carbocycles. The summed E-state index contributed by atoms with van der Waals surface area (Å²) < 4.78 is 8.83. The summed E-state index contributed by atoms with van der Waals surface area (Å²) in [5.41, 5.74) is 1.82. The van der Waals surface area contributed by atoms with Gasteiger partial charge in [-0.05, 0) is 19.2 Å². The van der Waals surface area contributed by atoms with Crippen LogP contribution >= 0.6 is 0 Å². The summed E-state index contributed by atoms with van der Waals surface area (Å²) in [5.74, 6) is 1.27. The zero-order valence-electron chi connectivity index (χ0n) is 14.5. The second kappa shape index (κ2) is 6.45. The number of nitrogens with one attached hydrogen (secondary N) is 1. The van der Waals surface area contributed by atoms with E-state index in [0.717, 1.165) is 30.7 Å². The summed E-state index contributed by atoms with van der Waals surface area (Å²) in [5, 5.41) is 7.48. The van der Waals surface area contributed by atoms with Gasteiger partial charge in [-0.25, -0.2) is 4.79 Å². The summed E-state index contributed by atoms with van der Waals surface area (Å²) >= 11 is 0. The quantitative estimate of drug-likeness (QED) is 0.745. The fourth-order valence-corrected chi connectivity index (χ4v) is 3.39. The molecule has 3 heterocycles. The smallest absolute Gasteiger partial charge is 0.328 e. The number of benzene rings is 1. The molecule has 1 fully saturated rings. The minimum absolute atomic E-state index is 0.0304. The highest BCUT2D eigenvalue weighted by Crippen LogP contribution is 2.18. The topological polar surface area (TPSA) is 81.1 Å². The maximum absolute atomic E-state index is 12.4. The van der Waals surface area contributed by atoms with Gasteiger partial charge in [-0.15, -0.1) is 0 Å². The van der Waals surface area contributed by atoms with Crippen LogP contribution in [0.5, 0.6) is 0 Å². The Hall–Kier alpha value is -2.45.